The minimum absolute atomic E-state index is 0.181. The van der Waals surface area contributed by atoms with E-state index in [2.05, 4.69) is 10.2 Å². The van der Waals surface area contributed by atoms with Crippen LogP contribution in [0.2, 0.25) is 0 Å². The van der Waals surface area contributed by atoms with Crippen LogP contribution in [0.25, 0.3) is 0 Å². The van der Waals surface area contributed by atoms with Crippen molar-refractivity contribution < 1.29 is 17.6 Å². The van der Waals surface area contributed by atoms with Crippen molar-refractivity contribution >= 4 is 21.6 Å². The van der Waals surface area contributed by atoms with Crippen molar-refractivity contribution in [3.8, 4) is 0 Å². The van der Waals surface area contributed by atoms with Crippen LogP contribution in [-0.4, -0.2) is 62.5 Å². The Labute approximate surface area is 136 Å². The second-order valence-corrected chi connectivity index (χ2v) is 7.65. The molecule has 0 aromatic heterocycles. The van der Waals surface area contributed by atoms with Crippen LogP contribution in [0.1, 0.15) is 12.8 Å². The Balaban J connectivity index is 1.78. The Kier molecular flexibility index (Phi) is 6.09. The summed E-state index contributed by atoms with van der Waals surface area (Å²) in [7, 11) is -3.16. The molecule has 1 aliphatic heterocycles. The maximum atomic E-state index is 13.1. The Hall–Kier alpha value is -1.51. The number of amides is 1. The molecule has 0 bridgehead atoms. The third-order valence-electron chi connectivity index (χ3n) is 3.78. The lowest BCUT2D eigenvalue weighted by atomic mass is 10.3. The molecule has 1 heterocycles. The van der Waals surface area contributed by atoms with Gasteiger partial charge >= 0.3 is 0 Å². The van der Waals surface area contributed by atoms with Gasteiger partial charge < -0.3 is 10.2 Å². The number of halogens is 1. The van der Waals surface area contributed by atoms with E-state index >= 15 is 0 Å². The van der Waals surface area contributed by atoms with Crippen molar-refractivity contribution in [3.05, 3.63) is 30.1 Å². The van der Waals surface area contributed by atoms with E-state index in [1.54, 1.807) is 12.1 Å². The van der Waals surface area contributed by atoms with Gasteiger partial charge in [-0.25, -0.2) is 17.1 Å². The predicted octanol–water partition coefficient (Wildman–Crippen LogP) is 1.12. The molecular formula is C15H22FN3O3S. The summed E-state index contributed by atoms with van der Waals surface area (Å²) in [5.74, 6) is -0.573. The third kappa shape index (κ3) is 5.89. The molecule has 1 fully saturated rings. The summed E-state index contributed by atoms with van der Waals surface area (Å²) in [5, 5.41) is 2.66. The van der Waals surface area contributed by atoms with Crippen molar-refractivity contribution in [2.24, 2.45) is 0 Å². The molecule has 2 rings (SSSR count). The molecule has 6 nitrogen and oxygen atoms in total. The summed E-state index contributed by atoms with van der Waals surface area (Å²) < 4.78 is 37.6. The summed E-state index contributed by atoms with van der Waals surface area (Å²) in [4.78, 5) is 14.0. The first-order valence-electron chi connectivity index (χ1n) is 7.57. The molecule has 128 valence electrons. The normalized spacial score (nSPS) is 17.7. The fourth-order valence-corrected chi connectivity index (χ4v) is 3.43. The first kappa shape index (κ1) is 17.8. The van der Waals surface area contributed by atoms with Gasteiger partial charge in [-0.2, -0.15) is 0 Å². The standard InChI is InChI=1S/C15H22FN3O3S/c1-23(21,22)19-8-3-7-18(10-11-19)9-6-15(20)17-14-5-2-4-13(16)12-14/h2,4-5,12H,3,6-11H2,1H3,(H,17,20). The first-order valence-corrected chi connectivity index (χ1v) is 9.42. The second kappa shape index (κ2) is 7.85. The maximum absolute atomic E-state index is 13.1. The van der Waals surface area contributed by atoms with E-state index in [4.69, 9.17) is 0 Å². The van der Waals surface area contributed by atoms with Gasteiger partial charge in [0.2, 0.25) is 15.9 Å². The van der Waals surface area contributed by atoms with E-state index in [0.717, 1.165) is 13.0 Å². The molecule has 0 radical (unpaired) electrons. The average Bonchev–Trinajstić information content (AvgIpc) is 2.70. The predicted molar refractivity (Wildman–Crippen MR) is 87.1 cm³/mol. The van der Waals surface area contributed by atoms with E-state index in [-0.39, 0.29) is 12.3 Å². The van der Waals surface area contributed by atoms with E-state index in [9.17, 15) is 17.6 Å². The molecule has 1 aliphatic rings. The molecule has 0 unspecified atom stereocenters. The zero-order chi connectivity index (χ0) is 16.9. The molecule has 1 aromatic rings. The second-order valence-electron chi connectivity index (χ2n) is 5.67. The summed E-state index contributed by atoms with van der Waals surface area (Å²) in [6.07, 6.45) is 2.25. The first-order chi connectivity index (χ1) is 10.8. The van der Waals surface area contributed by atoms with Gasteiger partial charge in [-0.05, 0) is 31.2 Å². The molecule has 0 saturated carbocycles. The quantitative estimate of drug-likeness (QED) is 0.870. The van der Waals surface area contributed by atoms with Crippen LogP contribution in [0.3, 0.4) is 0 Å². The molecule has 0 atom stereocenters. The summed E-state index contributed by atoms with van der Waals surface area (Å²) >= 11 is 0. The zero-order valence-corrected chi connectivity index (χ0v) is 14.0. The number of sulfonamides is 1. The zero-order valence-electron chi connectivity index (χ0n) is 13.2. The molecule has 1 N–H and O–H groups in total. The van der Waals surface area contributed by atoms with E-state index in [1.165, 1.54) is 22.7 Å². The highest BCUT2D eigenvalue weighted by Gasteiger charge is 2.21. The topological polar surface area (TPSA) is 69.7 Å². The van der Waals surface area contributed by atoms with Crippen LogP contribution in [0.5, 0.6) is 0 Å². The number of anilines is 1. The van der Waals surface area contributed by atoms with Crippen molar-refractivity contribution in [1.29, 1.82) is 0 Å². The Morgan fingerprint density at radius 2 is 2.04 bits per heavy atom. The number of hydrogen-bond acceptors (Lipinski definition) is 4. The number of rotatable bonds is 5. The third-order valence-corrected chi connectivity index (χ3v) is 5.08. The number of carbonyl (C=O) groups excluding carboxylic acids is 1. The van der Waals surface area contributed by atoms with Gasteiger partial charge in [0.25, 0.3) is 0 Å². The minimum atomic E-state index is -3.16. The van der Waals surface area contributed by atoms with Crippen molar-refractivity contribution in [2.75, 3.05) is 44.3 Å². The van der Waals surface area contributed by atoms with Crippen molar-refractivity contribution in [2.45, 2.75) is 12.8 Å². The van der Waals surface area contributed by atoms with E-state index in [0.29, 0.717) is 31.9 Å². The lowest BCUT2D eigenvalue weighted by molar-refractivity contribution is -0.116. The Morgan fingerprint density at radius 1 is 1.26 bits per heavy atom. The van der Waals surface area contributed by atoms with Crippen LogP contribution in [0, 0.1) is 5.82 Å². The van der Waals surface area contributed by atoms with Crippen LogP contribution < -0.4 is 5.32 Å². The Bertz CT molecular complexity index is 651. The number of hydrogen-bond donors (Lipinski definition) is 1. The van der Waals surface area contributed by atoms with Gasteiger partial charge in [-0.3, -0.25) is 4.79 Å². The fraction of sp³-hybridized carbons (Fsp3) is 0.533. The summed E-state index contributed by atoms with van der Waals surface area (Å²) in [5.41, 5.74) is 0.439. The number of nitrogens with one attached hydrogen (secondary N) is 1. The highest BCUT2D eigenvalue weighted by molar-refractivity contribution is 7.88. The maximum Gasteiger partial charge on any atom is 0.225 e. The minimum Gasteiger partial charge on any atom is -0.326 e. The van der Waals surface area contributed by atoms with Crippen LogP contribution in [-0.2, 0) is 14.8 Å². The van der Waals surface area contributed by atoms with Crippen LogP contribution in [0.15, 0.2) is 24.3 Å². The van der Waals surface area contributed by atoms with Crippen LogP contribution >= 0.6 is 0 Å². The van der Waals surface area contributed by atoms with Crippen molar-refractivity contribution in [3.63, 3.8) is 0 Å². The molecule has 0 aliphatic carbocycles. The SMILES string of the molecule is CS(=O)(=O)N1CCCN(CCC(=O)Nc2cccc(F)c2)CC1. The number of nitrogens with zero attached hydrogens (tertiary/aromatic N) is 2. The highest BCUT2D eigenvalue weighted by Crippen LogP contribution is 2.10. The van der Waals surface area contributed by atoms with E-state index in [1.807, 2.05) is 0 Å². The van der Waals surface area contributed by atoms with Crippen LogP contribution in [0.4, 0.5) is 10.1 Å². The lowest BCUT2D eigenvalue weighted by Gasteiger charge is -2.20. The molecule has 0 spiro atoms. The fourth-order valence-electron chi connectivity index (χ4n) is 2.55. The summed E-state index contributed by atoms with van der Waals surface area (Å²) in [6, 6.07) is 5.77. The van der Waals surface area contributed by atoms with Gasteiger partial charge in [-0.1, -0.05) is 6.07 Å². The molecule has 23 heavy (non-hydrogen) atoms. The van der Waals surface area contributed by atoms with Gasteiger partial charge in [-0.15, -0.1) is 0 Å². The van der Waals surface area contributed by atoms with Gasteiger partial charge in [0, 0.05) is 38.3 Å². The van der Waals surface area contributed by atoms with E-state index < -0.39 is 15.8 Å². The molecular weight excluding hydrogens is 321 g/mol. The molecule has 1 amide bonds. The summed E-state index contributed by atoms with van der Waals surface area (Å²) in [6.45, 7) is 2.90. The van der Waals surface area contributed by atoms with Crippen molar-refractivity contribution in [1.82, 2.24) is 9.21 Å². The number of benzene rings is 1. The smallest absolute Gasteiger partial charge is 0.225 e. The molecule has 1 saturated heterocycles. The molecule has 1 aromatic carbocycles. The monoisotopic (exact) mass is 343 g/mol. The van der Waals surface area contributed by atoms with Gasteiger partial charge in [0.1, 0.15) is 5.82 Å². The lowest BCUT2D eigenvalue weighted by Crippen LogP contribution is -2.35. The molecule has 8 heteroatoms. The number of carbonyl (C=O) groups is 1. The largest absolute Gasteiger partial charge is 0.326 e. The van der Waals surface area contributed by atoms with Gasteiger partial charge in [0.05, 0.1) is 6.26 Å². The Morgan fingerprint density at radius 3 is 2.74 bits per heavy atom. The van der Waals surface area contributed by atoms with Gasteiger partial charge in [0.15, 0.2) is 0 Å². The average molecular weight is 343 g/mol. The highest BCUT2D eigenvalue weighted by atomic mass is 32.2.